The normalized spacial score (nSPS) is 17.9. The van der Waals surface area contributed by atoms with Gasteiger partial charge in [0.1, 0.15) is 5.76 Å². The summed E-state index contributed by atoms with van der Waals surface area (Å²) in [6.45, 7) is 0. The number of ether oxygens (including phenoxy) is 2. The third kappa shape index (κ3) is 2.65. The van der Waals surface area contributed by atoms with Crippen LogP contribution in [0.15, 0.2) is 72.8 Å². The summed E-state index contributed by atoms with van der Waals surface area (Å²) in [5.41, 5.74) is 3.32. The van der Waals surface area contributed by atoms with E-state index >= 15 is 0 Å². The van der Waals surface area contributed by atoms with Crippen LogP contribution in [0, 0.1) is 0 Å². The molecule has 0 N–H and O–H groups in total. The van der Waals surface area contributed by atoms with E-state index in [-0.39, 0.29) is 6.29 Å². The molecule has 100 valence electrons. The van der Waals surface area contributed by atoms with E-state index < -0.39 is 0 Å². The van der Waals surface area contributed by atoms with Crippen LogP contribution in [0.1, 0.15) is 11.1 Å². The Morgan fingerprint density at radius 2 is 1.45 bits per heavy atom. The van der Waals surface area contributed by atoms with E-state index in [4.69, 9.17) is 9.47 Å². The molecule has 3 rings (SSSR count). The molecule has 1 atom stereocenters. The molecule has 1 aliphatic rings. The molecule has 2 aromatic rings. The minimum Gasteiger partial charge on any atom is -0.461 e. The van der Waals surface area contributed by atoms with E-state index in [9.17, 15) is 0 Å². The lowest BCUT2D eigenvalue weighted by Crippen LogP contribution is -2.15. The standard InChI is InChI=1S/C18H16O2/c1-19-18-13-16(14-8-4-2-5-9-14)12-17(20-18)15-10-6-3-7-11-15/h2-13,18H,1H3. The first kappa shape index (κ1) is 12.7. The van der Waals surface area contributed by atoms with E-state index in [1.54, 1.807) is 7.11 Å². The topological polar surface area (TPSA) is 18.5 Å². The summed E-state index contributed by atoms with van der Waals surface area (Å²) in [6, 6.07) is 20.3. The monoisotopic (exact) mass is 264 g/mol. The van der Waals surface area contributed by atoms with Crippen molar-refractivity contribution in [3.05, 3.63) is 83.9 Å². The average Bonchev–Trinajstić information content (AvgIpc) is 2.56. The molecule has 2 nitrogen and oxygen atoms in total. The minimum absolute atomic E-state index is 0.356. The second-order valence-electron chi connectivity index (χ2n) is 4.58. The molecule has 2 aromatic carbocycles. The molecule has 0 saturated carbocycles. The minimum atomic E-state index is -0.356. The van der Waals surface area contributed by atoms with Gasteiger partial charge in [0.05, 0.1) is 0 Å². The molecule has 20 heavy (non-hydrogen) atoms. The first-order valence-corrected chi connectivity index (χ1v) is 6.60. The zero-order valence-corrected chi connectivity index (χ0v) is 11.3. The van der Waals surface area contributed by atoms with Crippen molar-refractivity contribution in [2.45, 2.75) is 6.29 Å². The Bertz CT molecular complexity index is 627. The largest absolute Gasteiger partial charge is 0.461 e. The Kier molecular flexibility index (Phi) is 3.66. The number of benzene rings is 2. The quantitative estimate of drug-likeness (QED) is 0.830. The SMILES string of the molecule is COC1C=C(c2ccccc2)C=C(c2ccccc2)O1. The van der Waals surface area contributed by atoms with Crippen molar-refractivity contribution >= 4 is 11.3 Å². The number of hydrogen-bond acceptors (Lipinski definition) is 2. The molecule has 0 spiro atoms. The summed E-state index contributed by atoms with van der Waals surface area (Å²) < 4.78 is 11.2. The first-order chi connectivity index (χ1) is 9.86. The number of rotatable bonds is 3. The van der Waals surface area contributed by atoms with Crippen molar-refractivity contribution in [2.24, 2.45) is 0 Å². The highest BCUT2D eigenvalue weighted by Gasteiger charge is 2.17. The van der Waals surface area contributed by atoms with Gasteiger partial charge in [0, 0.05) is 12.7 Å². The first-order valence-electron chi connectivity index (χ1n) is 6.60. The Morgan fingerprint density at radius 3 is 2.05 bits per heavy atom. The van der Waals surface area contributed by atoms with Gasteiger partial charge in [-0.25, -0.2) is 0 Å². The average molecular weight is 264 g/mol. The van der Waals surface area contributed by atoms with Crippen LogP contribution in [0.5, 0.6) is 0 Å². The second kappa shape index (κ2) is 5.76. The number of allylic oxidation sites excluding steroid dienone is 2. The Balaban J connectivity index is 2.00. The molecule has 1 aliphatic heterocycles. The van der Waals surface area contributed by atoms with Crippen LogP contribution in [-0.2, 0) is 9.47 Å². The molecule has 0 bridgehead atoms. The zero-order chi connectivity index (χ0) is 13.8. The molecule has 2 heteroatoms. The van der Waals surface area contributed by atoms with Crippen molar-refractivity contribution in [2.75, 3.05) is 7.11 Å². The predicted molar refractivity (Wildman–Crippen MR) is 80.7 cm³/mol. The Labute approximate surface area is 119 Å². The van der Waals surface area contributed by atoms with Crippen LogP contribution in [0.2, 0.25) is 0 Å². The smallest absolute Gasteiger partial charge is 0.220 e. The van der Waals surface area contributed by atoms with Gasteiger partial charge in [-0.15, -0.1) is 0 Å². The maximum Gasteiger partial charge on any atom is 0.220 e. The van der Waals surface area contributed by atoms with Gasteiger partial charge in [-0.1, -0.05) is 60.7 Å². The van der Waals surface area contributed by atoms with Crippen LogP contribution >= 0.6 is 0 Å². The van der Waals surface area contributed by atoms with Gasteiger partial charge >= 0.3 is 0 Å². The van der Waals surface area contributed by atoms with Crippen LogP contribution in [-0.4, -0.2) is 13.4 Å². The van der Waals surface area contributed by atoms with Gasteiger partial charge in [0.2, 0.25) is 6.29 Å². The fraction of sp³-hybridized carbons (Fsp3) is 0.111. The number of methoxy groups -OCH3 is 1. The number of hydrogen-bond donors (Lipinski definition) is 0. The van der Waals surface area contributed by atoms with Gasteiger partial charge < -0.3 is 9.47 Å². The highest BCUT2D eigenvalue weighted by Crippen LogP contribution is 2.29. The molecule has 0 radical (unpaired) electrons. The van der Waals surface area contributed by atoms with E-state index in [1.165, 1.54) is 0 Å². The van der Waals surface area contributed by atoms with E-state index in [0.717, 1.165) is 22.5 Å². The van der Waals surface area contributed by atoms with Crippen molar-refractivity contribution < 1.29 is 9.47 Å². The van der Waals surface area contributed by atoms with E-state index in [0.29, 0.717) is 0 Å². The van der Waals surface area contributed by atoms with Crippen LogP contribution in [0.3, 0.4) is 0 Å². The molecule has 0 aromatic heterocycles. The maximum absolute atomic E-state index is 5.84. The fourth-order valence-corrected chi connectivity index (χ4v) is 2.21. The lowest BCUT2D eigenvalue weighted by atomic mass is 10.0. The van der Waals surface area contributed by atoms with Crippen LogP contribution in [0.4, 0.5) is 0 Å². The highest BCUT2D eigenvalue weighted by molar-refractivity contribution is 5.83. The maximum atomic E-state index is 5.84. The lowest BCUT2D eigenvalue weighted by molar-refractivity contribution is -0.0358. The molecule has 0 fully saturated rings. The van der Waals surface area contributed by atoms with Gasteiger partial charge in [-0.3, -0.25) is 0 Å². The van der Waals surface area contributed by atoms with Crippen molar-refractivity contribution in [3.8, 4) is 0 Å². The molecule has 0 saturated heterocycles. The third-order valence-electron chi connectivity index (χ3n) is 3.24. The highest BCUT2D eigenvalue weighted by atomic mass is 16.7. The summed E-state index contributed by atoms with van der Waals surface area (Å²) in [5, 5.41) is 0. The molecule has 0 aliphatic carbocycles. The predicted octanol–water partition coefficient (Wildman–Crippen LogP) is 4.11. The summed E-state index contributed by atoms with van der Waals surface area (Å²) in [5.74, 6) is 0.832. The Morgan fingerprint density at radius 1 is 0.850 bits per heavy atom. The van der Waals surface area contributed by atoms with Crippen molar-refractivity contribution in [3.63, 3.8) is 0 Å². The van der Waals surface area contributed by atoms with Crippen molar-refractivity contribution in [1.82, 2.24) is 0 Å². The molecule has 1 unspecified atom stereocenters. The fourth-order valence-electron chi connectivity index (χ4n) is 2.21. The van der Waals surface area contributed by atoms with Gasteiger partial charge in [-0.2, -0.15) is 0 Å². The molecule has 1 heterocycles. The van der Waals surface area contributed by atoms with Crippen LogP contribution < -0.4 is 0 Å². The van der Waals surface area contributed by atoms with Gasteiger partial charge in [0.15, 0.2) is 0 Å². The summed E-state index contributed by atoms with van der Waals surface area (Å²) in [6.07, 6.45) is 3.69. The second-order valence-corrected chi connectivity index (χ2v) is 4.58. The zero-order valence-electron chi connectivity index (χ0n) is 11.3. The van der Waals surface area contributed by atoms with Gasteiger partial charge in [0.25, 0.3) is 0 Å². The van der Waals surface area contributed by atoms with Crippen LogP contribution in [0.25, 0.3) is 11.3 Å². The van der Waals surface area contributed by atoms with Gasteiger partial charge in [-0.05, 0) is 23.3 Å². The van der Waals surface area contributed by atoms with E-state index in [2.05, 4.69) is 18.2 Å². The third-order valence-corrected chi connectivity index (χ3v) is 3.24. The van der Waals surface area contributed by atoms with Crippen molar-refractivity contribution in [1.29, 1.82) is 0 Å². The lowest BCUT2D eigenvalue weighted by Gasteiger charge is -2.22. The Hall–Kier alpha value is -2.32. The molecular formula is C18H16O2. The summed E-state index contributed by atoms with van der Waals surface area (Å²) in [7, 11) is 1.65. The molecular weight excluding hydrogens is 248 g/mol. The van der Waals surface area contributed by atoms with E-state index in [1.807, 2.05) is 54.6 Å². The summed E-state index contributed by atoms with van der Waals surface area (Å²) >= 11 is 0. The summed E-state index contributed by atoms with van der Waals surface area (Å²) in [4.78, 5) is 0. The molecule has 0 amide bonds.